The highest BCUT2D eigenvalue weighted by atomic mass is 19.1. The molecule has 3 rings (SSSR count). The first-order chi connectivity index (χ1) is 10.2. The smallest absolute Gasteiger partial charge is 0.246 e. The molecule has 5 nitrogen and oxygen atoms in total. The van der Waals surface area contributed by atoms with Gasteiger partial charge >= 0.3 is 0 Å². The van der Waals surface area contributed by atoms with Crippen molar-refractivity contribution in [2.45, 2.75) is 44.2 Å². The van der Waals surface area contributed by atoms with E-state index in [-0.39, 0.29) is 12.4 Å². The van der Waals surface area contributed by atoms with Gasteiger partial charge in [0, 0.05) is 0 Å². The summed E-state index contributed by atoms with van der Waals surface area (Å²) in [4.78, 5) is 4.30. The van der Waals surface area contributed by atoms with Crippen LogP contribution >= 0.6 is 0 Å². The summed E-state index contributed by atoms with van der Waals surface area (Å²) in [7, 11) is 0. The number of hydrogen-bond donors (Lipinski definition) is 1. The van der Waals surface area contributed by atoms with E-state index in [0.29, 0.717) is 11.7 Å². The first-order valence-corrected chi connectivity index (χ1v) is 7.17. The summed E-state index contributed by atoms with van der Waals surface area (Å²) in [5.41, 5.74) is 5.80. The number of rotatable bonds is 4. The van der Waals surface area contributed by atoms with E-state index in [1.54, 1.807) is 18.2 Å². The molecule has 0 atom stereocenters. The normalized spacial score (nSPS) is 17.6. The van der Waals surface area contributed by atoms with Crippen LogP contribution in [0.3, 0.4) is 0 Å². The molecule has 1 heterocycles. The maximum Gasteiger partial charge on any atom is 0.246 e. The molecule has 21 heavy (non-hydrogen) atoms. The van der Waals surface area contributed by atoms with Crippen LogP contribution in [-0.2, 0) is 12.1 Å². The topological polar surface area (TPSA) is 74.2 Å². The maximum absolute atomic E-state index is 13.4. The average Bonchev–Trinajstić information content (AvgIpc) is 2.97. The van der Waals surface area contributed by atoms with Crippen LogP contribution in [0.4, 0.5) is 4.39 Å². The van der Waals surface area contributed by atoms with Crippen molar-refractivity contribution in [2.75, 3.05) is 0 Å². The molecule has 6 heteroatoms. The minimum Gasteiger partial charge on any atom is -0.482 e. The second-order valence-electron chi connectivity index (χ2n) is 5.45. The number of para-hydroxylation sites is 1. The van der Waals surface area contributed by atoms with E-state index in [9.17, 15) is 4.39 Å². The molecule has 2 aromatic rings. The Hall–Kier alpha value is -1.95. The lowest BCUT2D eigenvalue weighted by molar-refractivity contribution is 0.218. The Labute approximate surface area is 122 Å². The molecule has 0 radical (unpaired) electrons. The highest BCUT2D eigenvalue weighted by molar-refractivity contribution is 5.23. The first-order valence-electron chi connectivity index (χ1n) is 7.17. The summed E-state index contributed by atoms with van der Waals surface area (Å²) in [6.45, 7) is 0.0561. The lowest BCUT2D eigenvalue weighted by atomic mass is 9.82. The summed E-state index contributed by atoms with van der Waals surface area (Å²) < 4.78 is 24.1. The fourth-order valence-electron chi connectivity index (χ4n) is 2.62. The lowest BCUT2D eigenvalue weighted by Crippen LogP contribution is -2.39. The van der Waals surface area contributed by atoms with Gasteiger partial charge in [-0.2, -0.15) is 4.98 Å². The standard InChI is InChI=1S/C15H18FN3O2/c16-11-6-2-3-7-12(11)20-10-13-18-14(21-19-13)15(17)8-4-1-5-9-15/h2-3,6-7H,1,4-5,8-10,17H2. The largest absolute Gasteiger partial charge is 0.482 e. The first kappa shape index (κ1) is 14.0. The molecule has 1 fully saturated rings. The van der Waals surface area contributed by atoms with Crippen molar-refractivity contribution in [3.8, 4) is 5.75 Å². The molecule has 0 bridgehead atoms. The van der Waals surface area contributed by atoms with Crippen molar-refractivity contribution in [3.05, 3.63) is 41.8 Å². The Morgan fingerprint density at radius 1 is 1.24 bits per heavy atom. The zero-order valence-corrected chi connectivity index (χ0v) is 11.7. The van der Waals surface area contributed by atoms with Crippen LogP contribution in [0.15, 0.2) is 28.8 Å². The molecule has 1 aromatic heterocycles. The zero-order valence-electron chi connectivity index (χ0n) is 11.7. The maximum atomic E-state index is 13.4. The third-order valence-electron chi connectivity index (χ3n) is 3.83. The van der Waals surface area contributed by atoms with E-state index >= 15 is 0 Å². The summed E-state index contributed by atoms with van der Waals surface area (Å²) in [6.07, 6.45) is 5.03. The van der Waals surface area contributed by atoms with Gasteiger partial charge in [0.2, 0.25) is 11.7 Å². The Morgan fingerprint density at radius 2 is 2.00 bits per heavy atom. The molecule has 1 aliphatic rings. The quantitative estimate of drug-likeness (QED) is 0.937. The van der Waals surface area contributed by atoms with Crippen molar-refractivity contribution < 1.29 is 13.7 Å². The number of benzene rings is 1. The van der Waals surface area contributed by atoms with Gasteiger partial charge in [-0.25, -0.2) is 4.39 Å². The van der Waals surface area contributed by atoms with Gasteiger partial charge in [0.25, 0.3) is 0 Å². The minimum absolute atomic E-state index is 0.0561. The second-order valence-corrected chi connectivity index (χ2v) is 5.45. The van der Waals surface area contributed by atoms with Gasteiger partial charge in [-0.1, -0.05) is 36.6 Å². The van der Waals surface area contributed by atoms with Crippen LogP contribution in [0.2, 0.25) is 0 Å². The molecule has 1 aliphatic carbocycles. The number of aromatic nitrogens is 2. The fourth-order valence-corrected chi connectivity index (χ4v) is 2.62. The monoisotopic (exact) mass is 291 g/mol. The average molecular weight is 291 g/mol. The van der Waals surface area contributed by atoms with E-state index in [2.05, 4.69) is 10.1 Å². The molecule has 1 aromatic carbocycles. The van der Waals surface area contributed by atoms with Crippen LogP contribution in [0.1, 0.15) is 43.8 Å². The number of nitrogens with two attached hydrogens (primary N) is 1. The molecular formula is C15H18FN3O2. The molecular weight excluding hydrogens is 273 g/mol. The van der Waals surface area contributed by atoms with E-state index in [0.717, 1.165) is 25.7 Å². The van der Waals surface area contributed by atoms with Crippen molar-refractivity contribution in [2.24, 2.45) is 5.73 Å². The minimum atomic E-state index is -0.526. The highest BCUT2D eigenvalue weighted by Crippen LogP contribution is 2.33. The van der Waals surface area contributed by atoms with Gasteiger partial charge in [0.15, 0.2) is 18.2 Å². The van der Waals surface area contributed by atoms with Crippen molar-refractivity contribution in [1.29, 1.82) is 0 Å². The zero-order chi connectivity index (χ0) is 14.7. The van der Waals surface area contributed by atoms with Gasteiger partial charge in [0.05, 0.1) is 5.54 Å². The van der Waals surface area contributed by atoms with Crippen LogP contribution in [0.5, 0.6) is 5.75 Å². The molecule has 112 valence electrons. The molecule has 0 unspecified atom stereocenters. The van der Waals surface area contributed by atoms with Gasteiger partial charge < -0.3 is 15.0 Å². The van der Waals surface area contributed by atoms with Crippen LogP contribution in [0.25, 0.3) is 0 Å². The highest BCUT2D eigenvalue weighted by Gasteiger charge is 2.35. The molecule has 1 saturated carbocycles. The number of nitrogens with zero attached hydrogens (tertiary/aromatic N) is 2. The third-order valence-corrected chi connectivity index (χ3v) is 3.83. The molecule has 0 spiro atoms. The van der Waals surface area contributed by atoms with E-state index in [1.807, 2.05) is 0 Å². The summed E-state index contributed by atoms with van der Waals surface area (Å²) in [5.74, 6) is 0.589. The third kappa shape index (κ3) is 3.05. The van der Waals surface area contributed by atoms with Gasteiger partial charge in [0.1, 0.15) is 0 Å². The van der Waals surface area contributed by atoms with E-state index in [1.165, 1.54) is 12.5 Å². The van der Waals surface area contributed by atoms with Crippen molar-refractivity contribution in [1.82, 2.24) is 10.1 Å². The lowest BCUT2D eigenvalue weighted by Gasteiger charge is -2.29. The molecule has 0 amide bonds. The van der Waals surface area contributed by atoms with Crippen LogP contribution in [0, 0.1) is 5.82 Å². The molecule has 0 saturated heterocycles. The fraction of sp³-hybridized carbons (Fsp3) is 0.467. The summed E-state index contributed by atoms with van der Waals surface area (Å²) in [5, 5.41) is 3.87. The number of halogens is 1. The Morgan fingerprint density at radius 3 is 2.76 bits per heavy atom. The second kappa shape index (κ2) is 5.81. The SMILES string of the molecule is NC1(c2nc(COc3ccccc3F)no2)CCCCC1. The predicted molar refractivity (Wildman–Crippen MR) is 74.0 cm³/mol. The number of hydrogen-bond acceptors (Lipinski definition) is 5. The van der Waals surface area contributed by atoms with Gasteiger partial charge in [-0.15, -0.1) is 0 Å². The van der Waals surface area contributed by atoms with Gasteiger partial charge in [-0.05, 0) is 25.0 Å². The van der Waals surface area contributed by atoms with Crippen molar-refractivity contribution in [3.63, 3.8) is 0 Å². The Balaban J connectivity index is 1.67. The Bertz CT molecular complexity index is 608. The predicted octanol–water partition coefficient (Wildman–Crippen LogP) is 2.91. The van der Waals surface area contributed by atoms with Crippen molar-refractivity contribution >= 4 is 0 Å². The molecule has 0 aliphatic heterocycles. The Kier molecular flexibility index (Phi) is 3.88. The number of ether oxygens (including phenoxy) is 1. The summed E-state index contributed by atoms with van der Waals surface area (Å²) >= 11 is 0. The van der Waals surface area contributed by atoms with Crippen LogP contribution < -0.4 is 10.5 Å². The van der Waals surface area contributed by atoms with Crippen LogP contribution in [-0.4, -0.2) is 10.1 Å². The summed E-state index contributed by atoms with van der Waals surface area (Å²) in [6, 6.07) is 6.21. The molecule has 2 N–H and O–H groups in total. The van der Waals surface area contributed by atoms with Gasteiger partial charge in [-0.3, -0.25) is 0 Å². The van der Waals surface area contributed by atoms with E-state index < -0.39 is 11.4 Å². The van der Waals surface area contributed by atoms with E-state index in [4.69, 9.17) is 15.0 Å².